The Hall–Kier alpha value is -1.23. The van der Waals surface area contributed by atoms with Crippen molar-refractivity contribution in [3.63, 3.8) is 0 Å². The van der Waals surface area contributed by atoms with Crippen LogP contribution in [0.5, 0.6) is 5.75 Å². The number of rotatable bonds is 6. The number of benzene rings is 1. The van der Waals surface area contributed by atoms with Crippen LogP contribution in [-0.2, 0) is 10.0 Å². The van der Waals surface area contributed by atoms with Crippen LogP contribution in [0, 0.1) is 0 Å². The van der Waals surface area contributed by atoms with E-state index in [1.807, 2.05) is 27.7 Å². The molecule has 0 saturated heterocycles. The van der Waals surface area contributed by atoms with E-state index in [1.54, 1.807) is 24.3 Å². The summed E-state index contributed by atoms with van der Waals surface area (Å²) < 4.78 is 31.7. The summed E-state index contributed by atoms with van der Waals surface area (Å²) in [6.45, 7) is 7.87. The molecule has 0 aliphatic heterocycles. The Morgan fingerprint density at radius 1 is 1.16 bits per heavy atom. The lowest BCUT2D eigenvalue weighted by Crippen LogP contribution is -2.23. The molecular weight excluding hydrogens is 262 g/mol. The molecule has 0 atom stereocenters. The normalized spacial score (nSPS) is 12.2. The van der Waals surface area contributed by atoms with E-state index in [1.165, 1.54) is 0 Å². The van der Waals surface area contributed by atoms with E-state index in [-0.39, 0.29) is 11.4 Å². The van der Waals surface area contributed by atoms with Crippen molar-refractivity contribution in [3.05, 3.63) is 24.3 Å². The highest BCUT2D eigenvalue weighted by atomic mass is 32.2. The molecule has 0 spiro atoms. The second-order valence-electron chi connectivity index (χ2n) is 5.51. The lowest BCUT2D eigenvalue weighted by molar-refractivity contribution is 0.131. The zero-order chi connectivity index (χ0) is 14.5. The highest BCUT2D eigenvalue weighted by Crippen LogP contribution is 2.21. The highest BCUT2D eigenvalue weighted by molar-refractivity contribution is 7.92. The molecule has 0 aromatic heterocycles. The van der Waals surface area contributed by atoms with E-state index >= 15 is 0 Å². The van der Waals surface area contributed by atoms with Gasteiger partial charge in [0.2, 0.25) is 10.0 Å². The van der Waals surface area contributed by atoms with E-state index < -0.39 is 10.0 Å². The molecule has 0 fully saturated rings. The minimum atomic E-state index is -3.24. The summed E-state index contributed by atoms with van der Waals surface area (Å²) in [4.78, 5) is 0. The molecule has 19 heavy (non-hydrogen) atoms. The summed E-state index contributed by atoms with van der Waals surface area (Å²) in [5, 5.41) is 0. The van der Waals surface area contributed by atoms with E-state index in [0.717, 1.165) is 12.2 Å². The second kappa shape index (κ2) is 6.28. The Labute approximate surface area is 116 Å². The third-order valence-corrected chi connectivity index (χ3v) is 3.69. The third kappa shape index (κ3) is 6.47. The van der Waals surface area contributed by atoms with E-state index in [0.29, 0.717) is 12.1 Å². The summed E-state index contributed by atoms with van der Waals surface area (Å²) in [6, 6.07) is 6.96. The lowest BCUT2D eigenvalue weighted by atomic mass is 10.2. The van der Waals surface area contributed by atoms with Crippen LogP contribution >= 0.6 is 0 Å². The predicted octanol–water partition coefficient (Wildman–Crippen LogP) is 3.41. The maximum Gasteiger partial charge on any atom is 0.232 e. The van der Waals surface area contributed by atoms with E-state index in [2.05, 4.69) is 4.72 Å². The summed E-state index contributed by atoms with van der Waals surface area (Å²) in [6.07, 6.45) is 1.53. The van der Waals surface area contributed by atoms with Gasteiger partial charge in [-0.25, -0.2) is 8.42 Å². The third-order valence-electron chi connectivity index (χ3n) is 2.32. The van der Waals surface area contributed by atoms with Crippen LogP contribution in [0.3, 0.4) is 0 Å². The molecule has 5 heteroatoms. The molecule has 108 valence electrons. The second-order valence-corrected chi connectivity index (χ2v) is 7.36. The van der Waals surface area contributed by atoms with Crippen LogP contribution in [0.25, 0.3) is 0 Å². The first-order valence-electron chi connectivity index (χ1n) is 6.51. The van der Waals surface area contributed by atoms with E-state index in [9.17, 15) is 8.42 Å². The number of sulfonamides is 1. The SMILES string of the molecule is CCCCS(=O)(=O)Nc1ccc(OC(C)(C)C)cc1. The van der Waals surface area contributed by atoms with Gasteiger partial charge in [-0.3, -0.25) is 4.72 Å². The average Bonchev–Trinajstić information content (AvgIpc) is 2.27. The molecule has 0 amide bonds. The molecule has 4 nitrogen and oxygen atoms in total. The van der Waals surface area contributed by atoms with Gasteiger partial charge in [0.05, 0.1) is 5.75 Å². The van der Waals surface area contributed by atoms with Gasteiger partial charge in [0, 0.05) is 5.69 Å². The van der Waals surface area contributed by atoms with Gasteiger partial charge in [-0.2, -0.15) is 0 Å². The van der Waals surface area contributed by atoms with Crippen LogP contribution in [0.15, 0.2) is 24.3 Å². The van der Waals surface area contributed by atoms with Crippen LogP contribution in [-0.4, -0.2) is 19.8 Å². The predicted molar refractivity (Wildman–Crippen MR) is 79.1 cm³/mol. The molecular formula is C14H23NO3S. The number of unbranched alkanes of at least 4 members (excludes halogenated alkanes) is 1. The zero-order valence-corrected chi connectivity index (χ0v) is 12.9. The lowest BCUT2D eigenvalue weighted by Gasteiger charge is -2.21. The number of hydrogen-bond donors (Lipinski definition) is 1. The van der Waals surface area contributed by atoms with Crippen LogP contribution in [0.1, 0.15) is 40.5 Å². The molecule has 0 heterocycles. The molecule has 1 rings (SSSR count). The van der Waals surface area contributed by atoms with Gasteiger partial charge in [-0.05, 0) is 51.5 Å². The Morgan fingerprint density at radius 3 is 2.21 bits per heavy atom. The molecule has 0 aliphatic rings. The van der Waals surface area contributed by atoms with Gasteiger partial charge < -0.3 is 4.74 Å². The first-order valence-corrected chi connectivity index (χ1v) is 8.17. The monoisotopic (exact) mass is 285 g/mol. The summed E-state index contributed by atoms with van der Waals surface area (Å²) >= 11 is 0. The van der Waals surface area contributed by atoms with E-state index in [4.69, 9.17) is 4.74 Å². The number of anilines is 1. The van der Waals surface area contributed by atoms with Gasteiger partial charge in [0.15, 0.2) is 0 Å². The minimum absolute atomic E-state index is 0.156. The fourth-order valence-electron chi connectivity index (χ4n) is 1.51. The van der Waals surface area contributed by atoms with Crippen molar-refractivity contribution in [1.82, 2.24) is 0 Å². The Balaban J connectivity index is 2.67. The standard InChI is InChI=1S/C14H23NO3S/c1-5-6-11-19(16,17)15-12-7-9-13(10-8-12)18-14(2,3)4/h7-10,15H,5-6,11H2,1-4H3. The van der Waals surface area contributed by atoms with Crippen LogP contribution in [0.2, 0.25) is 0 Å². The van der Waals surface area contributed by atoms with Crippen molar-refractivity contribution in [2.24, 2.45) is 0 Å². The highest BCUT2D eigenvalue weighted by Gasteiger charge is 2.12. The fraction of sp³-hybridized carbons (Fsp3) is 0.571. The summed E-state index contributed by atoms with van der Waals surface area (Å²) in [5.74, 6) is 0.882. The quantitative estimate of drug-likeness (QED) is 0.871. The fourth-order valence-corrected chi connectivity index (χ4v) is 2.78. The molecule has 1 aromatic rings. The van der Waals surface area contributed by atoms with Gasteiger partial charge in [-0.1, -0.05) is 13.3 Å². The van der Waals surface area contributed by atoms with Crippen molar-refractivity contribution in [2.75, 3.05) is 10.5 Å². The first kappa shape index (κ1) is 15.8. The first-order chi connectivity index (χ1) is 8.72. The topological polar surface area (TPSA) is 55.4 Å². The Bertz CT molecular complexity index is 486. The van der Waals surface area contributed by atoms with Crippen molar-refractivity contribution in [3.8, 4) is 5.75 Å². The number of nitrogens with one attached hydrogen (secondary N) is 1. The van der Waals surface area contributed by atoms with Gasteiger partial charge in [-0.15, -0.1) is 0 Å². The smallest absolute Gasteiger partial charge is 0.232 e. The summed E-state index contributed by atoms with van der Waals surface area (Å²) in [5.41, 5.74) is 0.305. The Morgan fingerprint density at radius 2 is 1.74 bits per heavy atom. The number of hydrogen-bond acceptors (Lipinski definition) is 3. The maximum absolute atomic E-state index is 11.7. The van der Waals surface area contributed by atoms with Crippen molar-refractivity contribution in [2.45, 2.75) is 46.1 Å². The zero-order valence-electron chi connectivity index (χ0n) is 12.1. The van der Waals surface area contributed by atoms with Crippen molar-refractivity contribution in [1.29, 1.82) is 0 Å². The van der Waals surface area contributed by atoms with Gasteiger partial charge >= 0.3 is 0 Å². The van der Waals surface area contributed by atoms with Crippen LogP contribution in [0.4, 0.5) is 5.69 Å². The van der Waals surface area contributed by atoms with Crippen molar-refractivity contribution < 1.29 is 13.2 Å². The number of ether oxygens (including phenoxy) is 1. The molecule has 1 aromatic carbocycles. The molecule has 0 aliphatic carbocycles. The molecule has 0 bridgehead atoms. The van der Waals surface area contributed by atoms with Gasteiger partial charge in [0.1, 0.15) is 11.4 Å². The van der Waals surface area contributed by atoms with Crippen molar-refractivity contribution >= 4 is 15.7 Å². The maximum atomic E-state index is 11.7. The minimum Gasteiger partial charge on any atom is -0.488 e. The van der Waals surface area contributed by atoms with Gasteiger partial charge in [0.25, 0.3) is 0 Å². The molecule has 0 saturated carbocycles. The summed E-state index contributed by atoms with van der Waals surface area (Å²) in [7, 11) is -3.24. The average molecular weight is 285 g/mol. The molecule has 0 radical (unpaired) electrons. The molecule has 0 unspecified atom stereocenters. The molecule has 1 N–H and O–H groups in total. The Kier molecular flexibility index (Phi) is 5.23. The van der Waals surface area contributed by atoms with Crippen LogP contribution < -0.4 is 9.46 Å². The largest absolute Gasteiger partial charge is 0.488 e.